The standard InChI is InChI=1S/C16H18N2O3/c1-3-11(2)18(10-14(19)20)16(21)13-8-4-6-12-7-5-9-17-15(12)13/h4-9,11H,3,10H2,1-2H3,(H,19,20). The summed E-state index contributed by atoms with van der Waals surface area (Å²) in [6, 6.07) is 8.89. The second-order valence-electron chi connectivity index (χ2n) is 4.96. The Hall–Kier alpha value is -2.43. The number of hydrogen-bond donors (Lipinski definition) is 1. The molecule has 1 aromatic heterocycles. The zero-order valence-corrected chi connectivity index (χ0v) is 12.1. The highest BCUT2D eigenvalue weighted by Crippen LogP contribution is 2.19. The molecule has 0 aliphatic carbocycles. The normalized spacial score (nSPS) is 12.1. The van der Waals surface area contributed by atoms with Crippen molar-refractivity contribution in [2.75, 3.05) is 6.54 Å². The molecule has 0 saturated heterocycles. The maximum atomic E-state index is 12.7. The number of hydrogen-bond acceptors (Lipinski definition) is 3. The molecule has 2 aromatic rings. The number of aliphatic carboxylic acids is 1. The first-order chi connectivity index (χ1) is 10.0. The van der Waals surface area contributed by atoms with Gasteiger partial charge in [0.1, 0.15) is 6.54 Å². The molecule has 5 nitrogen and oxygen atoms in total. The largest absolute Gasteiger partial charge is 0.480 e. The molecule has 0 saturated carbocycles. The number of para-hydroxylation sites is 1. The number of fused-ring (bicyclic) bond motifs is 1. The van der Waals surface area contributed by atoms with Crippen LogP contribution in [0.3, 0.4) is 0 Å². The first-order valence-electron chi connectivity index (χ1n) is 6.91. The van der Waals surface area contributed by atoms with Crippen LogP contribution >= 0.6 is 0 Å². The molecule has 0 aliphatic heterocycles. The van der Waals surface area contributed by atoms with Crippen molar-refractivity contribution in [3.05, 3.63) is 42.1 Å². The van der Waals surface area contributed by atoms with Gasteiger partial charge in [-0.05, 0) is 25.5 Å². The van der Waals surface area contributed by atoms with Crippen LogP contribution < -0.4 is 0 Å². The second-order valence-corrected chi connectivity index (χ2v) is 4.96. The number of carbonyl (C=O) groups excluding carboxylic acids is 1. The van der Waals surface area contributed by atoms with E-state index in [4.69, 9.17) is 5.11 Å². The highest BCUT2D eigenvalue weighted by Gasteiger charge is 2.24. The van der Waals surface area contributed by atoms with Crippen molar-refractivity contribution in [2.45, 2.75) is 26.3 Å². The average Bonchev–Trinajstić information content (AvgIpc) is 2.50. The molecule has 1 N–H and O–H groups in total. The van der Waals surface area contributed by atoms with Gasteiger partial charge in [0.25, 0.3) is 5.91 Å². The molecule has 1 amide bonds. The Bertz CT molecular complexity index is 664. The van der Waals surface area contributed by atoms with Crippen LogP contribution in [0.5, 0.6) is 0 Å². The number of carboxylic acid groups (broad SMARTS) is 1. The Morgan fingerprint density at radius 3 is 2.67 bits per heavy atom. The van der Waals surface area contributed by atoms with E-state index in [2.05, 4.69) is 4.98 Å². The molecule has 0 aliphatic rings. The van der Waals surface area contributed by atoms with Gasteiger partial charge in [-0.25, -0.2) is 0 Å². The van der Waals surface area contributed by atoms with Gasteiger partial charge < -0.3 is 10.0 Å². The number of rotatable bonds is 5. The average molecular weight is 286 g/mol. The van der Waals surface area contributed by atoms with Gasteiger partial charge in [-0.2, -0.15) is 0 Å². The van der Waals surface area contributed by atoms with Crippen LogP contribution in [-0.4, -0.2) is 39.5 Å². The molecular weight excluding hydrogens is 268 g/mol. The summed E-state index contributed by atoms with van der Waals surface area (Å²) in [6.45, 7) is 3.46. The predicted octanol–water partition coefficient (Wildman–Crippen LogP) is 2.56. The molecule has 5 heteroatoms. The summed E-state index contributed by atoms with van der Waals surface area (Å²) in [6.07, 6.45) is 2.32. The number of pyridine rings is 1. The van der Waals surface area contributed by atoms with Crippen LogP contribution in [-0.2, 0) is 4.79 Å². The van der Waals surface area contributed by atoms with Gasteiger partial charge in [0, 0.05) is 17.6 Å². The van der Waals surface area contributed by atoms with Gasteiger partial charge in [0.2, 0.25) is 0 Å². The first kappa shape index (κ1) is 15.0. The van der Waals surface area contributed by atoms with E-state index in [1.807, 2.05) is 26.0 Å². The second kappa shape index (κ2) is 6.35. The fraction of sp³-hybridized carbons (Fsp3) is 0.312. The quantitative estimate of drug-likeness (QED) is 0.917. The fourth-order valence-corrected chi connectivity index (χ4v) is 2.23. The molecule has 0 bridgehead atoms. The molecule has 0 radical (unpaired) electrons. The van der Waals surface area contributed by atoms with E-state index >= 15 is 0 Å². The summed E-state index contributed by atoms with van der Waals surface area (Å²) >= 11 is 0. The van der Waals surface area contributed by atoms with Crippen LogP contribution in [0.4, 0.5) is 0 Å². The van der Waals surface area contributed by atoms with Crippen LogP contribution in [0.25, 0.3) is 10.9 Å². The van der Waals surface area contributed by atoms with Crippen LogP contribution in [0.15, 0.2) is 36.5 Å². The Kier molecular flexibility index (Phi) is 4.52. The Morgan fingerprint density at radius 1 is 1.29 bits per heavy atom. The Balaban J connectivity index is 2.45. The van der Waals surface area contributed by atoms with E-state index < -0.39 is 5.97 Å². The number of nitrogens with zero attached hydrogens (tertiary/aromatic N) is 2. The van der Waals surface area contributed by atoms with E-state index in [1.54, 1.807) is 24.4 Å². The minimum Gasteiger partial charge on any atom is -0.480 e. The highest BCUT2D eigenvalue weighted by atomic mass is 16.4. The zero-order chi connectivity index (χ0) is 15.4. The number of aromatic nitrogens is 1. The highest BCUT2D eigenvalue weighted by molar-refractivity contribution is 6.06. The van der Waals surface area contributed by atoms with E-state index in [-0.39, 0.29) is 18.5 Å². The maximum Gasteiger partial charge on any atom is 0.323 e. The van der Waals surface area contributed by atoms with Gasteiger partial charge in [-0.1, -0.05) is 25.1 Å². The lowest BCUT2D eigenvalue weighted by atomic mass is 10.1. The fourth-order valence-electron chi connectivity index (χ4n) is 2.23. The number of carboxylic acids is 1. The van der Waals surface area contributed by atoms with Crippen molar-refractivity contribution in [3.8, 4) is 0 Å². The Morgan fingerprint density at radius 2 is 2.00 bits per heavy atom. The lowest BCUT2D eigenvalue weighted by Crippen LogP contribution is -2.41. The summed E-state index contributed by atoms with van der Waals surface area (Å²) in [7, 11) is 0. The third kappa shape index (κ3) is 3.18. The predicted molar refractivity (Wildman–Crippen MR) is 80.2 cm³/mol. The Labute approximate surface area is 123 Å². The van der Waals surface area contributed by atoms with Crippen LogP contribution in [0.2, 0.25) is 0 Å². The topological polar surface area (TPSA) is 70.5 Å². The molecule has 1 unspecified atom stereocenters. The minimum absolute atomic E-state index is 0.146. The summed E-state index contributed by atoms with van der Waals surface area (Å²) in [5, 5.41) is 9.89. The van der Waals surface area contributed by atoms with Crippen molar-refractivity contribution in [2.24, 2.45) is 0 Å². The molecule has 0 spiro atoms. The molecule has 2 rings (SSSR count). The molecular formula is C16H18N2O3. The van der Waals surface area contributed by atoms with Crippen LogP contribution in [0, 0.1) is 0 Å². The van der Waals surface area contributed by atoms with Gasteiger partial charge in [0.15, 0.2) is 0 Å². The van der Waals surface area contributed by atoms with E-state index in [9.17, 15) is 9.59 Å². The van der Waals surface area contributed by atoms with E-state index in [1.165, 1.54) is 4.90 Å². The molecule has 1 heterocycles. The van der Waals surface area contributed by atoms with E-state index in [0.29, 0.717) is 17.5 Å². The van der Waals surface area contributed by atoms with Crippen molar-refractivity contribution >= 4 is 22.8 Å². The maximum absolute atomic E-state index is 12.7. The molecule has 21 heavy (non-hydrogen) atoms. The lowest BCUT2D eigenvalue weighted by molar-refractivity contribution is -0.138. The molecule has 1 atom stereocenters. The van der Waals surface area contributed by atoms with Gasteiger partial charge >= 0.3 is 5.97 Å². The third-order valence-corrected chi connectivity index (χ3v) is 3.55. The van der Waals surface area contributed by atoms with Gasteiger partial charge in [-0.3, -0.25) is 14.6 Å². The lowest BCUT2D eigenvalue weighted by Gasteiger charge is -2.27. The summed E-state index contributed by atoms with van der Waals surface area (Å²) < 4.78 is 0. The SMILES string of the molecule is CCC(C)N(CC(=O)O)C(=O)c1cccc2cccnc12. The first-order valence-corrected chi connectivity index (χ1v) is 6.91. The number of carbonyl (C=O) groups is 2. The summed E-state index contributed by atoms with van der Waals surface area (Å²) in [5.74, 6) is -1.31. The molecule has 110 valence electrons. The van der Waals surface area contributed by atoms with Crippen LogP contribution in [0.1, 0.15) is 30.6 Å². The summed E-state index contributed by atoms with van der Waals surface area (Å²) in [4.78, 5) is 29.4. The van der Waals surface area contributed by atoms with Gasteiger partial charge in [0.05, 0.1) is 11.1 Å². The monoisotopic (exact) mass is 286 g/mol. The zero-order valence-electron chi connectivity index (χ0n) is 12.1. The summed E-state index contributed by atoms with van der Waals surface area (Å²) in [5.41, 5.74) is 1.04. The molecule has 0 fully saturated rings. The third-order valence-electron chi connectivity index (χ3n) is 3.55. The van der Waals surface area contributed by atoms with Crippen molar-refractivity contribution in [3.63, 3.8) is 0 Å². The number of benzene rings is 1. The van der Waals surface area contributed by atoms with E-state index in [0.717, 1.165) is 5.39 Å². The van der Waals surface area contributed by atoms with Crippen molar-refractivity contribution in [1.82, 2.24) is 9.88 Å². The van der Waals surface area contributed by atoms with Crippen molar-refractivity contribution in [1.29, 1.82) is 0 Å². The van der Waals surface area contributed by atoms with Crippen molar-refractivity contribution < 1.29 is 14.7 Å². The molecule has 1 aromatic carbocycles. The smallest absolute Gasteiger partial charge is 0.323 e. The van der Waals surface area contributed by atoms with Gasteiger partial charge in [-0.15, -0.1) is 0 Å². The minimum atomic E-state index is -1.02. The number of amides is 1.